The smallest absolute Gasteiger partial charge is 0.328 e. The molecule has 0 aliphatic carbocycles. The predicted octanol–water partition coefficient (Wildman–Crippen LogP) is 2.48. The van der Waals surface area contributed by atoms with Crippen LogP contribution in [0.3, 0.4) is 0 Å². The highest BCUT2D eigenvalue weighted by atomic mass is 16.5. The van der Waals surface area contributed by atoms with Gasteiger partial charge in [-0.3, -0.25) is 5.32 Å². The van der Waals surface area contributed by atoms with Gasteiger partial charge in [0.2, 0.25) is 0 Å². The molecule has 1 unspecified atom stereocenters. The molecule has 2 saturated heterocycles. The number of carbonyl (C=O) groups excluding carboxylic acids is 2. The van der Waals surface area contributed by atoms with Crippen LogP contribution in [-0.4, -0.2) is 42.5 Å². The van der Waals surface area contributed by atoms with Crippen molar-refractivity contribution in [2.75, 3.05) is 13.2 Å². The Bertz CT molecular complexity index is 673. The highest BCUT2D eigenvalue weighted by Gasteiger charge is 2.45. The van der Waals surface area contributed by atoms with Crippen LogP contribution in [0, 0.1) is 12.3 Å². The van der Waals surface area contributed by atoms with Gasteiger partial charge in [-0.05, 0) is 25.8 Å². The summed E-state index contributed by atoms with van der Waals surface area (Å²) in [7, 11) is 0. The highest BCUT2D eigenvalue weighted by molar-refractivity contribution is 5.96. The number of hydrogen-bond acceptors (Lipinski definition) is 4. The molecule has 4 amide bonds. The maximum atomic E-state index is 12.6. The summed E-state index contributed by atoms with van der Waals surface area (Å²) in [4.78, 5) is 26.6. The molecule has 7 nitrogen and oxygen atoms in total. The zero-order valence-electron chi connectivity index (χ0n) is 15.8. The fourth-order valence-electron chi connectivity index (χ4n) is 3.66. The van der Waals surface area contributed by atoms with Gasteiger partial charge >= 0.3 is 12.1 Å². The Morgan fingerprint density at radius 2 is 1.96 bits per heavy atom. The number of ether oxygens (including phenoxy) is 1. The Morgan fingerprint density at radius 1 is 1.27 bits per heavy atom. The van der Waals surface area contributed by atoms with Crippen molar-refractivity contribution in [1.29, 1.82) is 0 Å². The molecule has 26 heavy (non-hydrogen) atoms. The quantitative estimate of drug-likeness (QED) is 0.770. The van der Waals surface area contributed by atoms with Crippen molar-refractivity contribution in [2.45, 2.75) is 52.5 Å². The topological polar surface area (TPSA) is 82.7 Å². The first kappa shape index (κ1) is 18.7. The second-order valence-corrected chi connectivity index (χ2v) is 7.85. The van der Waals surface area contributed by atoms with Gasteiger partial charge < -0.3 is 15.4 Å². The molecule has 0 bridgehead atoms. The third-order valence-electron chi connectivity index (χ3n) is 5.16. The van der Waals surface area contributed by atoms with Crippen molar-refractivity contribution in [2.24, 2.45) is 5.41 Å². The van der Waals surface area contributed by atoms with Gasteiger partial charge in [0.25, 0.3) is 0 Å². The van der Waals surface area contributed by atoms with Gasteiger partial charge in [-0.1, -0.05) is 43.7 Å². The summed E-state index contributed by atoms with van der Waals surface area (Å²) in [6, 6.07) is 7.18. The number of nitrogens with zero attached hydrogens (tertiary/aromatic N) is 1. The first-order valence-electron chi connectivity index (χ1n) is 9.08. The summed E-state index contributed by atoms with van der Waals surface area (Å²) in [6.45, 7) is 9.15. The van der Waals surface area contributed by atoms with Crippen molar-refractivity contribution < 1.29 is 14.3 Å². The standard InChI is InChI=1S/C19H28N4O3/c1-12-6-5-7-14(10-12)13(2)20-16-21-17(24)23(18(25)22-16)15-8-9-26-11-19(15,3)4/h5-7,10,13,15-16,20H,8-9,11H2,1-4H3,(H,21,24)(H,22,25)/t13-,15?/m0/s1. The Balaban J connectivity index is 1.66. The molecule has 1 aromatic carbocycles. The van der Waals surface area contributed by atoms with E-state index >= 15 is 0 Å². The lowest BCUT2D eigenvalue weighted by Gasteiger charge is -2.46. The normalized spacial score (nSPS) is 24.8. The number of aryl methyl sites for hydroxylation is 1. The first-order valence-corrected chi connectivity index (χ1v) is 9.08. The summed E-state index contributed by atoms with van der Waals surface area (Å²) in [5.74, 6) is 0. The second-order valence-electron chi connectivity index (χ2n) is 7.85. The number of amides is 4. The third-order valence-corrected chi connectivity index (χ3v) is 5.16. The zero-order chi connectivity index (χ0) is 18.9. The van der Waals surface area contributed by atoms with Crippen molar-refractivity contribution >= 4 is 12.1 Å². The van der Waals surface area contributed by atoms with Gasteiger partial charge in [0.05, 0.1) is 12.6 Å². The monoisotopic (exact) mass is 360 g/mol. The first-order chi connectivity index (χ1) is 12.3. The van der Waals surface area contributed by atoms with E-state index in [-0.39, 0.29) is 29.6 Å². The van der Waals surface area contributed by atoms with E-state index in [0.29, 0.717) is 19.6 Å². The lowest BCUT2D eigenvalue weighted by atomic mass is 9.81. The summed E-state index contributed by atoms with van der Waals surface area (Å²) in [5, 5.41) is 8.95. The van der Waals surface area contributed by atoms with E-state index in [2.05, 4.69) is 22.0 Å². The minimum atomic E-state index is -0.607. The molecule has 142 valence electrons. The molecule has 2 heterocycles. The SMILES string of the molecule is Cc1cccc([C@H](C)NC2NC(=O)N(C3CCOCC3(C)C)C(=O)N2)c1. The average Bonchev–Trinajstić information content (AvgIpc) is 2.55. The minimum absolute atomic E-state index is 0.0217. The van der Waals surface area contributed by atoms with Crippen molar-refractivity contribution in [3.05, 3.63) is 35.4 Å². The molecular formula is C19H28N4O3. The second kappa shape index (κ2) is 7.25. The Hall–Kier alpha value is -2.12. The fourth-order valence-corrected chi connectivity index (χ4v) is 3.66. The lowest BCUT2D eigenvalue weighted by molar-refractivity contribution is -0.0376. The van der Waals surface area contributed by atoms with Gasteiger partial charge in [0.15, 0.2) is 6.29 Å². The zero-order valence-corrected chi connectivity index (χ0v) is 15.8. The number of benzene rings is 1. The molecule has 2 fully saturated rings. The fraction of sp³-hybridized carbons (Fsp3) is 0.579. The maximum absolute atomic E-state index is 12.6. The lowest BCUT2D eigenvalue weighted by Crippen LogP contribution is -2.71. The van der Waals surface area contributed by atoms with E-state index in [1.165, 1.54) is 10.5 Å². The van der Waals surface area contributed by atoms with Gasteiger partial charge in [0, 0.05) is 18.1 Å². The van der Waals surface area contributed by atoms with Crippen molar-refractivity contribution in [3.63, 3.8) is 0 Å². The van der Waals surface area contributed by atoms with Crippen molar-refractivity contribution in [3.8, 4) is 0 Å². The molecule has 2 aliphatic rings. The molecule has 2 aliphatic heterocycles. The number of hydrogen-bond donors (Lipinski definition) is 3. The summed E-state index contributed by atoms with van der Waals surface area (Å²) in [6.07, 6.45) is 0.0377. The third kappa shape index (κ3) is 3.83. The van der Waals surface area contributed by atoms with Crippen LogP contribution in [0.2, 0.25) is 0 Å². The van der Waals surface area contributed by atoms with Crippen LogP contribution < -0.4 is 16.0 Å². The van der Waals surface area contributed by atoms with Crippen LogP contribution in [0.15, 0.2) is 24.3 Å². The molecule has 3 N–H and O–H groups in total. The molecule has 3 rings (SSSR count). The summed E-state index contributed by atoms with van der Waals surface area (Å²) < 4.78 is 5.51. The van der Waals surface area contributed by atoms with Crippen LogP contribution in [-0.2, 0) is 4.74 Å². The van der Waals surface area contributed by atoms with E-state index in [1.807, 2.05) is 45.9 Å². The Labute approximate surface area is 154 Å². The van der Waals surface area contributed by atoms with Gasteiger partial charge in [-0.25, -0.2) is 14.5 Å². The van der Waals surface area contributed by atoms with Gasteiger partial charge in [0.1, 0.15) is 0 Å². The number of carbonyl (C=O) groups is 2. The summed E-state index contributed by atoms with van der Waals surface area (Å²) >= 11 is 0. The van der Waals surface area contributed by atoms with E-state index in [4.69, 9.17) is 4.74 Å². The molecule has 0 aromatic heterocycles. The van der Waals surface area contributed by atoms with Crippen LogP contribution in [0.1, 0.15) is 44.4 Å². The molecule has 1 aromatic rings. The molecule has 2 atom stereocenters. The van der Waals surface area contributed by atoms with Gasteiger partial charge in [-0.15, -0.1) is 0 Å². The largest absolute Gasteiger partial charge is 0.381 e. The Kier molecular flexibility index (Phi) is 5.20. The number of rotatable bonds is 4. The van der Waals surface area contributed by atoms with E-state index in [9.17, 15) is 9.59 Å². The molecule has 0 spiro atoms. The maximum Gasteiger partial charge on any atom is 0.328 e. The summed E-state index contributed by atoms with van der Waals surface area (Å²) in [5.41, 5.74) is 1.99. The number of imide groups is 1. The predicted molar refractivity (Wildman–Crippen MR) is 98.4 cm³/mol. The number of nitrogens with one attached hydrogen (secondary N) is 3. The van der Waals surface area contributed by atoms with E-state index in [1.54, 1.807) is 0 Å². The molecule has 0 saturated carbocycles. The minimum Gasteiger partial charge on any atom is -0.381 e. The van der Waals surface area contributed by atoms with Crippen LogP contribution in [0.5, 0.6) is 0 Å². The number of urea groups is 2. The van der Waals surface area contributed by atoms with Crippen LogP contribution in [0.25, 0.3) is 0 Å². The molecular weight excluding hydrogens is 332 g/mol. The van der Waals surface area contributed by atoms with E-state index in [0.717, 1.165) is 5.56 Å². The Morgan fingerprint density at radius 3 is 2.58 bits per heavy atom. The van der Waals surface area contributed by atoms with Crippen molar-refractivity contribution in [1.82, 2.24) is 20.9 Å². The highest BCUT2D eigenvalue weighted by Crippen LogP contribution is 2.32. The van der Waals surface area contributed by atoms with Crippen LogP contribution >= 0.6 is 0 Å². The van der Waals surface area contributed by atoms with E-state index < -0.39 is 6.29 Å². The van der Waals surface area contributed by atoms with Gasteiger partial charge in [-0.2, -0.15) is 0 Å². The average molecular weight is 360 g/mol. The van der Waals surface area contributed by atoms with Crippen LogP contribution in [0.4, 0.5) is 9.59 Å². The molecule has 7 heteroatoms. The molecule has 0 radical (unpaired) electrons.